The van der Waals surface area contributed by atoms with E-state index in [-0.39, 0.29) is 23.0 Å². The van der Waals surface area contributed by atoms with Gasteiger partial charge in [-0.2, -0.15) is 0 Å². The lowest BCUT2D eigenvalue weighted by molar-refractivity contribution is -0.382. The van der Waals surface area contributed by atoms with E-state index in [0.717, 1.165) is 15.9 Å². The highest BCUT2D eigenvalue weighted by Crippen LogP contribution is 2.39. The normalized spacial score (nSPS) is 10.5. The molecular weight excluding hydrogens is 348 g/mol. The van der Waals surface area contributed by atoms with E-state index in [9.17, 15) is 10.1 Å². The van der Waals surface area contributed by atoms with E-state index in [0.29, 0.717) is 15.9 Å². The molecule has 0 N–H and O–H groups in total. The average molecular weight is 365 g/mol. The molecule has 0 spiro atoms. The highest BCUT2D eigenvalue weighted by molar-refractivity contribution is 7.25. The molecule has 1 aromatic heterocycles. The summed E-state index contributed by atoms with van der Waals surface area (Å²) in [7, 11) is 7.54. The molecule has 2 aromatic carbocycles. The van der Waals surface area contributed by atoms with E-state index in [1.165, 1.54) is 11.3 Å². The van der Waals surface area contributed by atoms with Crippen LogP contribution in [0, 0.1) is 10.1 Å². The minimum Gasteiger partial charge on any atom is -1.00 e. The maximum absolute atomic E-state index is 11.6. The SMILES string of the molecule is CN(C)c1ccc2nc3ccc(N(C)C)c([N+](=O)[O-])c3[s+]c2c1.[Cl-]. The van der Waals surface area contributed by atoms with Crippen molar-refractivity contribution in [1.29, 1.82) is 0 Å². The Labute approximate surface area is 149 Å². The van der Waals surface area contributed by atoms with Crippen molar-refractivity contribution in [1.82, 2.24) is 4.98 Å². The quantitative estimate of drug-likeness (QED) is 0.297. The van der Waals surface area contributed by atoms with Crippen LogP contribution >= 0.6 is 11.3 Å². The summed E-state index contributed by atoms with van der Waals surface area (Å²) in [5.74, 6) is 0. The van der Waals surface area contributed by atoms with E-state index >= 15 is 0 Å². The molecule has 0 bridgehead atoms. The lowest BCUT2D eigenvalue weighted by Gasteiger charge is -2.12. The number of fused-ring (bicyclic) bond motifs is 2. The molecule has 3 aromatic rings. The van der Waals surface area contributed by atoms with Crippen LogP contribution in [0.15, 0.2) is 30.3 Å². The van der Waals surface area contributed by atoms with Gasteiger partial charge in [-0.1, -0.05) is 0 Å². The Morgan fingerprint density at radius 2 is 1.71 bits per heavy atom. The van der Waals surface area contributed by atoms with Crippen molar-refractivity contribution >= 4 is 48.8 Å². The number of rotatable bonds is 3. The van der Waals surface area contributed by atoms with Crippen LogP contribution in [-0.2, 0) is 0 Å². The number of nitrogens with zero attached hydrogens (tertiary/aromatic N) is 4. The molecule has 24 heavy (non-hydrogen) atoms. The molecule has 0 fully saturated rings. The van der Waals surface area contributed by atoms with E-state index in [1.807, 2.05) is 43.3 Å². The van der Waals surface area contributed by atoms with Gasteiger partial charge in [-0.3, -0.25) is 10.1 Å². The summed E-state index contributed by atoms with van der Waals surface area (Å²) in [6.45, 7) is 0. The Balaban J connectivity index is 0.00000208. The Morgan fingerprint density at radius 3 is 2.29 bits per heavy atom. The molecule has 0 aliphatic carbocycles. The lowest BCUT2D eigenvalue weighted by Crippen LogP contribution is -3.00. The van der Waals surface area contributed by atoms with Gasteiger partial charge in [0, 0.05) is 39.9 Å². The zero-order valence-corrected chi connectivity index (χ0v) is 15.4. The number of nitro benzene ring substituents is 1. The topological polar surface area (TPSA) is 62.5 Å². The van der Waals surface area contributed by atoms with Gasteiger partial charge >= 0.3 is 10.4 Å². The minimum absolute atomic E-state index is 0. The Morgan fingerprint density at radius 1 is 1.04 bits per heavy atom. The highest BCUT2D eigenvalue weighted by atomic mass is 35.5. The molecule has 0 aliphatic rings. The van der Waals surface area contributed by atoms with Crippen molar-refractivity contribution in [2.45, 2.75) is 0 Å². The number of aromatic nitrogens is 1. The summed E-state index contributed by atoms with van der Waals surface area (Å²) in [6, 6.07) is 9.55. The van der Waals surface area contributed by atoms with Crippen LogP contribution in [0.1, 0.15) is 0 Å². The highest BCUT2D eigenvalue weighted by Gasteiger charge is 2.29. The van der Waals surface area contributed by atoms with Gasteiger partial charge in [-0.05, 0) is 24.3 Å². The van der Waals surface area contributed by atoms with Crippen molar-refractivity contribution in [3.63, 3.8) is 0 Å². The maximum atomic E-state index is 11.6. The summed E-state index contributed by atoms with van der Waals surface area (Å²) in [4.78, 5) is 19.6. The molecule has 6 nitrogen and oxygen atoms in total. The van der Waals surface area contributed by atoms with Gasteiger partial charge in [0.05, 0.1) is 4.92 Å². The van der Waals surface area contributed by atoms with E-state index in [4.69, 9.17) is 0 Å². The van der Waals surface area contributed by atoms with Crippen LogP contribution in [0.5, 0.6) is 0 Å². The number of benzene rings is 2. The molecule has 1 heterocycles. The van der Waals surface area contributed by atoms with Gasteiger partial charge in [-0.25, -0.2) is 4.98 Å². The first kappa shape index (κ1) is 18.1. The second-order valence-electron chi connectivity index (χ2n) is 5.69. The van der Waals surface area contributed by atoms with Crippen LogP contribution in [-0.4, -0.2) is 38.1 Å². The molecule has 8 heteroatoms. The van der Waals surface area contributed by atoms with Crippen LogP contribution < -0.4 is 22.2 Å². The third-order valence-electron chi connectivity index (χ3n) is 3.67. The first-order valence-electron chi connectivity index (χ1n) is 7.08. The molecule has 0 unspecified atom stereocenters. The Hall–Kier alpha value is -2.25. The molecule has 126 valence electrons. The van der Waals surface area contributed by atoms with E-state index in [2.05, 4.69) is 4.98 Å². The number of nitro groups is 1. The number of hydrogen-bond donors (Lipinski definition) is 0. The maximum Gasteiger partial charge on any atom is 0.359 e. The Bertz CT molecular complexity index is 931. The van der Waals surface area contributed by atoms with Gasteiger partial charge in [-0.15, -0.1) is 0 Å². The smallest absolute Gasteiger partial charge is 0.359 e. The van der Waals surface area contributed by atoms with Crippen LogP contribution in [0.3, 0.4) is 0 Å². The molecule has 0 amide bonds. The Kier molecular flexibility index (Phi) is 5.05. The predicted molar refractivity (Wildman–Crippen MR) is 96.8 cm³/mol. The first-order chi connectivity index (χ1) is 10.9. The van der Waals surface area contributed by atoms with Crippen molar-refractivity contribution in [2.75, 3.05) is 38.0 Å². The molecule has 0 radical (unpaired) electrons. The summed E-state index contributed by atoms with van der Waals surface area (Å²) in [5.41, 5.74) is 3.24. The lowest BCUT2D eigenvalue weighted by atomic mass is 10.2. The molecular formula is C16H17ClN4O2S. The van der Waals surface area contributed by atoms with Crippen LogP contribution in [0.2, 0.25) is 0 Å². The predicted octanol–water partition coefficient (Wildman–Crippen LogP) is 0.775. The van der Waals surface area contributed by atoms with Crippen LogP contribution in [0.4, 0.5) is 17.1 Å². The van der Waals surface area contributed by atoms with Crippen molar-refractivity contribution in [2.24, 2.45) is 0 Å². The summed E-state index contributed by atoms with van der Waals surface area (Å²) in [5, 5.41) is 11.6. The third-order valence-corrected chi connectivity index (χ3v) is 4.82. The second-order valence-corrected chi connectivity index (χ2v) is 6.75. The summed E-state index contributed by atoms with van der Waals surface area (Å²) >= 11 is 1.41. The second kappa shape index (κ2) is 6.70. The van der Waals surface area contributed by atoms with E-state index < -0.39 is 0 Å². The average Bonchev–Trinajstić information content (AvgIpc) is 2.50. The first-order valence-corrected chi connectivity index (χ1v) is 7.90. The zero-order chi connectivity index (χ0) is 16.7. The van der Waals surface area contributed by atoms with Crippen LogP contribution in [0.25, 0.3) is 20.4 Å². The molecule has 0 saturated carbocycles. The van der Waals surface area contributed by atoms with Gasteiger partial charge in [0.15, 0.2) is 0 Å². The number of hydrogen-bond acceptors (Lipinski definition) is 5. The fourth-order valence-corrected chi connectivity index (χ4v) is 3.58. The molecule has 0 saturated heterocycles. The molecule has 3 rings (SSSR count). The fraction of sp³-hybridized carbons (Fsp3) is 0.250. The number of halogens is 1. The standard InChI is InChI=1S/C16H17N4O2S.ClH/c1-18(2)10-5-6-11-14(9-10)23-16-12(17-11)7-8-13(19(3)4)15(16)20(21)22;/h5-9H,1-4H3;1H/q+1;/p-1. The fourth-order valence-electron chi connectivity index (χ4n) is 2.47. The zero-order valence-electron chi connectivity index (χ0n) is 13.8. The summed E-state index contributed by atoms with van der Waals surface area (Å²) in [6.07, 6.45) is 0. The third kappa shape index (κ3) is 3.05. The molecule has 0 aliphatic heterocycles. The van der Waals surface area contributed by atoms with Gasteiger partial charge in [0.2, 0.25) is 11.3 Å². The van der Waals surface area contributed by atoms with Gasteiger partial charge in [0.25, 0.3) is 4.70 Å². The minimum atomic E-state index is -0.322. The van der Waals surface area contributed by atoms with Crippen molar-refractivity contribution < 1.29 is 17.3 Å². The van der Waals surface area contributed by atoms with E-state index in [1.54, 1.807) is 25.1 Å². The van der Waals surface area contributed by atoms with Gasteiger partial charge < -0.3 is 22.2 Å². The number of anilines is 2. The van der Waals surface area contributed by atoms with Crippen molar-refractivity contribution in [3.05, 3.63) is 40.4 Å². The molecule has 0 atom stereocenters. The monoisotopic (exact) mass is 364 g/mol. The van der Waals surface area contributed by atoms with Gasteiger partial charge in [0.1, 0.15) is 16.7 Å². The summed E-state index contributed by atoms with van der Waals surface area (Å²) < 4.78 is 1.53. The van der Waals surface area contributed by atoms with Crippen molar-refractivity contribution in [3.8, 4) is 0 Å². The largest absolute Gasteiger partial charge is 1.00 e.